The lowest BCUT2D eigenvalue weighted by molar-refractivity contribution is -0.274. The molecule has 0 aliphatic heterocycles. The highest BCUT2D eigenvalue weighted by Crippen LogP contribution is 2.40. The molecule has 0 aliphatic carbocycles. The minimum atomic E-state index is -4.88. The van der Waals surface area contributed by atoms with E-state index in [2.05, 4.69) is 0 Å². The second-order valence-electron chi connectivity index (χ2n) is 5.19. The number of hydrogen-bond donors (Lipinski definition) is 2. The van der Waals surface area contributed by atoms with E-state index in [9.17, 15) is 18.3 Å². The van der Waals surface area contributed by atoms with Crippen LogP contribution in [0.15, 0.2) is 18.2 Å². The summed E-state index contributed by atoms with van der Waals surface area (Å²) in [5.41, 5.74) is -1.63. The van der Waals surface area contributed by atoms with Crippen LogP contribution >= 0.6 is 0 Å². The molecule has 0 spiro atoms. The third-order valence-corrected chi connectivity index (χ3v) is 3.68. The molecule has 0 aromatic heterocycles. The Kier molecular flexibility index (Phi) is 5.64. The second kappa shape index (κ2) is 6.66. The number of hydrogen-bond acceptors (Lipinski definition) is 3. The van der Waals surface area contributed by atoms with Crippen LogP contribution in [-0.2, 0) is 6.42 Å². The van der Waals surface area contributed by atoms with Crippen LogP contribution in [-0.4, -0.2) is 35.7 Å². The lowest BCUT2D eigenvalue weighted by Gasteiger charge is -2.31. The van der Waals surface area contributed by atoms with Crippen molar-refractivity contribution in [2.24, 2.45) is 0 Å². The van der Waals surface area contributed by atoms with Crippen LogP contribution in [0, 0.1) is 0 Å². The molecule has 1 aromatic carbocycles. The molecule has 1 rings (SSSR count). The fourth-order valence-corrected chi connectivity index (χ4v) is 2.41. The summed E-state index contributed by atoms with van der Waals surface area (Å²) in [7, 11) is 1.46. The van der Waals surface area contributed by atoms with E-state index < -0.39 is 30.7 Å². The molecular formula is C15H21F3O3. The summed E-state index contributed by atoms with van der Waals surface area (Å²) in [5.74, 6) is -0.0832. The van der Waals surface area contributed by atoms with E-state index in [1.807, 2.05) is 13.0 Å². The van der Waals surface area contributed by atoms with Gasteiger partial charge < -0.3 is 14.9 Å². The number of methoxy groups -OCH3 is 1. The summed E-state index contributed by atoms with van der Waals surface area (Å²) in [6, 6.07) is 5.27. The van der Waals surface area contributed by atoms with Gasteiger partial charge in [0.25, 0.3) is 0 Å². The predicted octanol–water partition coefficient (Wildman–Crippen LogP) is 3.04. The molecule has 0 fully saturated rings. The SMILES string of the molecule is CCc1cccc(C(C)CC(O)(CO)C(F)(F)F)c1OC. The molecule has 6 heteroatoms. The van der Waals surface area contributed by atoms with Crippen LogP contribution < -0.4 is 4.74 Å². The van der Waals surface area contributed by atoms with Crippen molar-refractivity contribution in [1.82, 2.24) is 0 Å². The number of aliphatic hydroxyl groups is 2. The average molecular weight is 306 g/mol. The average Bonchev–Trinajstić information content (AvgIpc) is 2.44. The Hall–Kier alpha value is -1.27. The summed E-state index contributed by atoms with van der Waals surface area (Å²) >= 11 is 0. The van der Waals surface area contributed by atoms with Crippen LogP contribution in [0.4, 0.5) is 13.2 Å². The first kappa shape index (κ1) is 17.8. The van der Waals surface area contributed by atoms with Crippen molar-refractivity contribution in [1.29, 1.82) is 0 Å². The highest BCUT2D eigenvalue weighted by atomic mass is 19.4. The minimum absolute atomic E-state index is 0.537. The zero-order valence-electron chi connectivity index (χ0n) is 12.4. The van der Waals surface area contributed by atoms with Crippen LogP contribution in [0.2, 0.25) is 0 Å². The van der Waals surface area contributed by atoms with Crippen molar-refractivity contribution in [3.63, 3.8) is 0 Å². The number of ether oxygens (including phenoxy) is 1. The van der Waals surface area contributed by atoms with Gasteiger partial charge in [0.05, 0.1) is 13.7 Å². The number of alkyl halides is 3. The topological polar surface area (TPSA) is 49.7 Å². The molecule has 0 radical (unpaired) electrons. The molecule has 0 heterocycles. The van der Waals surface area contributed by atoms with Crippen molar-refractivity contribution < 1.29 is 28.1 Å². The fourth-order valence-electron chi connectivity index (χ4n) is 2.41. The monoisotopic (exact) mass is 306 g/mol. The molecule has 21 heavy (non-hydrogen) atoms. The molecule has 2 unspecified atom stereocenters. The maximum Gasteiger partial charge on any atom is 0.419 e. The molecule has 0 amide bonds. The first-order valence-corrected chi connectivity index (χ1v) is 6.76. The Morgan fingerprint density at radius 3 is 2.33 bits per heavy atom. The molecule has 0 bridgehead atoms. The van der Waals surface area contributed by atoms with E-state index in [1.54, 1.807) is 19.1 Å². The number of para-hydroxylation sites is 1. The number of benzene rings is 1. The molecule has 0 aliphatic rings. The summed E-state index contributed by atoms with van der Waals surface area (Å²) in [4.78, 5) is 0. The van der Waals surface area contributed by atoms with Gasteiger partial charge in [0.1, 0.15) is 5.75 Å². The van der Waals surface area contributed by atoms with Crippen molar-refractivity contribution in [2.45, 2.75) is 44.4 Å². The maximum atomic E-state index is 12.9. The Labute approximate surface area is 122 Å². The van der Waals surface area contributed by atoms with Gasteiger partial charge in [-0.25, -0.2) is 0 Å². The summed E-state index contributed by atoms with van der Waals surface area (Å²) in [6.45, 7) is 2.13. The third kappa shape index (κ3) is 3.68. The van der Waals surface area contributed by atoms with E-state index in [-0.39, 0.29) is 0 Å². The fraction of sp³-hybridized carbons (Fsp3) is 0.600. The summed E-state index contributed by atoms with van der Waals surface area (Å²) < 4.78 is 43.9. The Morgan fingerprint density at radius 1 is 1.29 bits per heavy atom. The largest absolute Gasteiger partial charge is 0.496 e. The smallest absolute Gasteiger partial charge is 0.419 e. The minimum Gasteiger partial charge on any atom is -0.496 e. The quantitative estimate of drug-likeness (QED) is 0.849. The van der Waals surface area contributed by atoms with E-state index in [0.29, 0.717) is 17.7 Å². The first-order valence-electron chi connectivity index (χ1n) is 6.76. The predicted molar refractivity (Wildman–Crippen MR) is 73.5 cm³/mol. The van der Waals surface area contributed by atoms with E-state index >= 15 is 0 Å². The first-order chi connectivity index (χ1) is 9.70. The lowest BCUT2D eigenvalue weighted by atomic mass is 9.85. The summed E-state index contributed by atoms with van der Waals surface area (Å²) in [5, 5.41) is 18.6. The van der Waals surface area contributed by atoms with Crippen molar-refractivity contribution in [3.8, 4) is 5.75 Å². The van der Waals surface area contributed by atoms with Gasteiger partial charge in [-0.2, -0.15) is 13.2 Å². The van der Waals surface area contributed by atoms with Crippen LogP contribution in [0.5, 0.6) is 5.75 Å². The van der Waals surface area contributed by atoms with Gasteiger partial charge in [0, 0.05) is 0 Å². The molecule has 2 atom stereocenters. The standard InChI is InChI=1S/C15H21F3O3/c1-4-11-6-5-7-12(13(11)21-3)10(2)8-14(20,9-19)15(16,17)18/h5-7,10,19-20H,4,8-9H2,1-3H3. The van der Waals surface area contributed by atoms with E-state index in [4.69, 9.17) is 9.84 Å². The lowest BCUT2D eigenvalue weighted by Crippen LogP contribution is -2.49. The van der Waals surface area contributed by atoms with Gasteiger partial charge in [-0.05, 0) is 29.9 Å². The second-order valence-corrected chi connectivity index (χ2v) is 5.19. The van der Waals surface area contributed by atoms with Crippen molar-refractivity contribution in [3.05, 3.63) is 29.3 Å². The zero-order valence-corrected chi connectivity index (χ0v) is 12.4. The van der Waals surface area contributed by atoms with Crippen molar-refractivity contribution in [2.75, 3.05) is 13.7 Å². The highest BCUT2D eigenvalue weighted by molar-refractivity contribution is 5.43. The molecule has 0 saturated heterocycles. The molecule has 120 valence electrons. The van der Waals surface area contributed by atoms with Gasteiger partial charge in [-0.1, -0.05) is 32.0 Å². The normalized spacial score (nSPS) is 16.4. The van der Waals surface area contributed by atoms with Gasteiger partial charge in [0.15, 0.2) is 5.60 Å². The molecule has 1 aromatic rings. The number of aliphatic hydroxyl groups excluding tert-OH is 1. The van der Waals surface area contributed by atoms with E-state index in [1.165, 1.54) is 7.11 Å². The van der Waals surface area contributed by atoms with Crippen LogP contribution in [0.25, 0.3) is 0 Å². The third-order valence-electron chi connectivity index (χ3n) is 3.68. The van der Waals surface area contributed by atoms with Gasteiger partial charge in [0.2, 0.25) is 0 Å². The molecule has 0 saturated carbocycles. The Balaban J connectivity index is 3.12. The van der Waals surface area contributed by atoms with Gasteiger partial charge in [-0.3, -0.25) is 0 Å². The Morgan fingerprint density at radius 2 is 1.90 bits per heavy atom. The van der Waals surface area contributed by atoms with Crippen molar-refractivity contribution >= 4 is 0 Å². The number of halogens is 3. The number of aryl methyl sites for hydroxylation is 1. The zero-order chi connectivity index (χ0) is 16.3. The summed E-state index contributed by atoms with van der Waals surface area (Å²) in [6.07, 6.45) is -4.82. The van der Waals surface area contributed by atoms with Crippen LogP contribution in [0.3, 0.4) is 0 Å². The molecule has 2 N–H and O–H groups in total. The maximum absolute atomic E-state index is 12.9. The van der Waals surface area contributed by atoms with E-state index in [0.717, 1.165) is 5.56 Å². The van der Waals surface area contributed by atoms with Gasteiger partial charge in [-0.15, -0.1) is 0 Å². The van der Waals surface area contributed by atoms with Crippen LogP contribution in [0.1, 0.15) is 37.3 Å². The number of rotatable bonds is 6. The molecular weight excluding hydrogens is 285 g/mol. The molecule has 3 nitrogen and oxygen atoms in total. The Bertz CT molecular complexity index is 474. The van der Waals surface area contributed by atoms with Gasteiger partial charge >= 0.3 is 6.18 Å². The highest BCUT2D eigenvalue weighted by Gasteiger charge is 2.54.